The normalized spacial score (nSPS) is 10.3. The van der Waals surface area contributed by atoms with Crippen LogP contribution in [0, 0.1) is 5.82 Å². The number of benzene rings is 1. The molecule has 0 atom stereocenters. The van der Waals surface area contributed by atoms with Crippen LogP contribution in [0.15, 0.2) is 30.3 Å². The highest BCUT2D eigenvalue weighted by Gasteiger charge is 2.07. The van der Waals surface area contributed by atoms with Crippen molar-refractivity contribution in [1.29, 1.82) is 0 Å². The molecule has 0 aliphatic heterocycles. The van der Waals surface area contributed by atoms with Crippen LogP contribution in [-0.2, 0) is 0 Å². The summed E-state index contributed by atoms with van der Waals surface area (Å²) in [5, 5.41) is 3.35. The number of nitrogens with two attached hydrogens (primary N) is 1. The third-order valence-electron chi connectivity index (χ3n) is 2.08. The number of halogens is 3. The number of anilines is 3. The van der Waals surface area contributed by atoms with Gasteiger partial charge in [-0.3, -0.25) is 0 Å². The van der Waals surface area contributed by atoms with Gasteiger partial charge in [-0.1, -0.05) is 23.2 Å². The highest BCUT2D eigenvalue weighted by molar-refractivity contribution is 6.30. The molecule has 0 aliphatic rings. The molecular weight excluding hydrogens is 264 g/mol. The maximum Gasteiger partial charge on any atom is 0.155 e. The van der Waals surface area contributed by atoms with Crippen LogP contribution >= 0.6 is 23.2 Å². The zero-order chi connectivity index (χ0) is 12.4. The van der Waals surface area contributed by atoms with Gasteiger partial charge >= 0.3 is 0 Å². The highest BCUT2D eigenvalue weighted by Crippen LogP contribution is 2.26. The highest BCUT2D eigenvalue weighted by atomic mass is 35.5. The van der Waals surface area contributed by atoms with Crippen LogP contribution < -0.4 is 11.1 Å². The molecule has 2 aromatic rings. The fourth-order valence-electron chi connectivity index (χ4n) is 1.26. The van der Waals surface area contributed by atoms with Gasteiger partial charge in [0.1, 0.15) is 11.0 Å². The first-order valence-corrected chi connectivity index (χ1v) is 5.46. The molecule has 88 valence electrons. The lowest BCUT2D eigenvalue weighted by molar-refractivity contribution is 0.632. The Morgan fingerprint density at radius 3 is 2.65 bits per heavy atom. The van der Waals surface area contributed by atoms with Gasteiger partial charge in [-0.25, -0.2) is 9.37 Å². The zero-order valence-corrected chi connectivity index (χ0v) is 10.1. The van der Waals surface area contributed by atoms with Crippen molar-refractivity contribution in [1.82, 2.24) is 4.98 Å². The number of aromatic nitrogens is 1. The van der Waals surface area contributed by atoms with Gasteiger partial charge in [0, 0.05) is 5.02 Å². The summed E-state index contributed by atoms with van der Waals surface area (Å²) in [5.41, 5.74) is 6.30. The fraction of sp³-hybridized carbons (Fsp3) is 0. The van der Waals surface area contributed by atoms with Crippen LogP contribution in [0.25, 0.3) is 0 Å². The van der Waals surface area contributed by atoms with Crippen molar-refractivity contribution in [2.75, 3.05) is 11.1 Å². The Labute approximate surface area is 107 Å². The van der Waals surface area contributed by atoms with Crippen LogP contribution in [0.2, 0.25) is 10.2 Å². The number of nitrogens with one attached hydrogen (secondary N) is 1. The minimum atomic E-state index is -0.487. The van der Waals surface area contributed by atoms with E-state index in [2.05, 4.69) is 10.3 Å². The van der Waals surface area contributed by atoms with E-state index in [1.165, 1.54) is 12.1 Å². The zero-order valence-electron chi connectivity index (χ0n) is 8.55. The number of hydrogen-bond acceptors (Lipinski definition) is 3. The third kappa shape index (κ3) is 2.78. The molecule has 2 rings (SSSR count). The molecule has 0 saturated carbocycles. The van der Waals surface area contributed by atoms with E-state index >= 15 is 0 Å². The van der Waals surface area contributed by atoms with Crippen LogP contribution in [-0.4, -0.2) is 4.98 Å². The Balaban J connectivity index is 2.34. The summed E-state index contributed by atoms with van der Waals surface area (Å²) in [4.78, 5) is 3.96. The SMILES string of the molecule is Nc1ccc(Cl)nc1Nc1ccc(Cl)cc1F. The lowest BCUT2D eigenvalue weighted by Gasteiger charge is -2.09. The van der Waals surface area contributed by atoms with Crippen molar-refractivity contribution >= 4 is 40.4 Å². The first-order valence-electron chi connectivity index (χ1n) is 4.70. The van der Waals surface area contributed by atoms with E-state index < -0.39 is 5.82 Å². The molecule has 0 bridgehead atoms. The predicted molar refractivity (Wildman–Crippen MR) is 68.4 cm³/mol. The summed E-state index contributed by atoms with van der Waals surface area (Å²) >= 11 is 11.4. The second-order valence-electron chi connectivity index (χ2n) is 3.32. The minimum absolute atomic E-state index is 0.232. The molecule has 6 heteroatoms. The molecule has 3 N–H and O–H groups in total. The lowest BCUT2D eigenvalue weighted by Crippen LogP contribution is -2.00. The molecule has 0 radical (unpaired) electrons. The van der Waals surface area contributed by atoms with E-state index in [1.54, 1.807) is 18.2 Å². The first kappa shape index (κ1) is 12.0. The van der Waals surface area contributed by atoms with Crippen molar-refractivity contribution in [2.24, 2.45) is 0 Å². The average Bonchev–Trinajstić information content (AvgIpc) is 2.27. The van der Waals surface area contributed by atoms with E-state index in [9.17, 15) is 4.39 Å². The molecule has 17 heavy (non-hydrogen) atoms. The van der Waals surface area contributed by atoms with Crippen LogP contribution in [0.5, 0.6) is 0 Å². The number of hydrogen-bond donors (Lipinski definition) is 2. The standard InChI is InChI=1S/C11H8Cl2FN3/c12-6-1-3-9(7(14)5-6)16-11-8(15)2-4-10(13)17-11/h1-5H,15H2,(H,16,17). The van der Waals surface area contributed by atoms with E-state index in [0.29, 0.717) is 16.5 Å². The van der Waals surface area contributed by atoms with Crippen LogP contribution in [0.1, 0.15) is 0 Å². The van der Waals surface area contributed by atoms with Crippen molar-refractivity contribution in [2.45, 2.75) is 0 Å². The number of pyridine rings is 1. The lowest BCUT2D eigenvalue weighted by atomic mass is 10.3. The van der Waals surface area contributed by atoms with Crippen molar-refractivity contribution in [3.05, 3.63) is 46.3 Å². The summed E-state index contributed by atoms with van der Waals surface area (Å²) in [6.07, 6.45) is 0. The number of nitrogens with zero attached hydrogens (tertiary/aromatic N) is 1. The maximum atomic E-state index is 13.5. The van der Waals surface area contributed by atoms with Gasteiger partial charge in [0.15, 0.2) is 5.82 Å². The van der Waals surface area contributed by atoms with Gasteiger partial charge in [0.25, 0.3) is 0 Å². The summed E-state index contributed by atoms with van der Waals surface area (Å²) in [5.74, 6) is -0.183. The van der Waals surface area contributed by atoms with E-state index in [-0.39, 0.29) is 10.8 Å². The van der Waals surface area contributed by atoms with Gasteiger partial charge < -0.3 is 11.1 Å². The molecule has 1 aromatic carbocycles. The largest absolute Gasteiger partial charge is 0.396 e. The molecule has 3 nitrogen and oxygen atoms in total. The Morgan fingerprint density at radius 1 is 1.18 bits per heavy atom. The van der Waals surface area contributed by atoms with Crippen molar-refractivity contribution in [3.63, 3.8) is 0 Å². The van der Waals surface area contributed by atoms with E-state index in [1.807, 2.05) is 0 Å². The van der Waals surface area contributed by atoms with E-state index in [4.69, 9.17) is 28.9 Å². The molecule has 0 unspecified atom stereocenters. The first-order chi connectivity index (χ1) is 8.06. The van der Waals surface area contributed by atoms with Crippen LogP contribution in [0.4, 0.5) is 21.6 Å². The second-order valence-corrected chi connectivity index (χ2v) is 4.14. The van der Waals surface area contributed by atoms with Crippen molar-refractivity contribution in [3.8, 4) is 0 Å². The summed E-state index contributed by atoms with van der Waals surface area (Å²) < 4.78 is 13.5. The predicted octanol–water partition coefficient (Wildman–Crippen LogP) is 3.85. The Hall–Kier alpha value is -1.52. The maximum absolute atomic E-state index is 13.5. The molecule has 0 saturated heterocycles. The van der Waals surface area contributed by atoms with Gasteiger partial charge in [0.05, 0.1) is 11.4 Å². The number of rotatable bonds is 2. The number of nitrogen functional groups attached to an aromatic ring is 1. The van der Waals surface area contributed by atoms with Crippen molar-refractivity contribution < 1.29 is 4.39 Å². The Morgan fingerprint density at radius 2 is 1.94 bits per heavy atom. The summed E-state index contributed by atoms with van der Waals surface area (Å²) in [6.45, 7) is 0. The van der Waals surface area contributed by atoms with Gasteiger partial charge in [-0.15, -0.1) is 0 Å². The van der Waals surface area contributed by atoms with Gasteiger partial charge in [-0.2, -0.15) is 0 Å². The average molecular weight is 272 g/mol. The summed E-state index contributed by atoms with van der Waals surface area (Å²) in [7, 11) is 0. The van der Waals surface area contributed by atoms with E-state index in [0.717, 1.165) is 0 Å². The topological polar surface area (TPSA) is 50.9 Å². The quantitative estimate of drug-likeness (QED) is 0.816. The molecule has 0 spiro atoms. The third-order valence-corrected chi connectivity index (χ3v) is 2.52. The molecule has 1 aromatic heterocycles. The smallest absolute Gasteiger partial charge is 0.155 e. The summed E-state index contributed by atoms with van der Waals surface area (Å²) in [6, 6.07) is 7.41. The molecule has 1 heterocycles. The monoisotopic (exact) mass is 271 g/mol. The van der Waals surface area contributed by atoms with Gasteiger partial charge in [-0.05, 0) is 30.3 Å². The molecule has 0 aliphatic carbocycles. The Bertz CT molecular complexity index is 560. The van der Waals surface area contributed by atoms with Gasteiger partial charge in [0.2, 0.25) is 0 Å². The molecular formula is C11H8Cl2FN3. The molecule has 0 amide bonds. The Kier molecular flexibility index (Phi) is 3.36. The van der Waals surface area contributed by atoms with Crippen LogP contribution in [0.3, 0.4) is 0 Å². The second kappa shape index (κ2) is 4.77. The molecule has 0 fully saturated rings. The minimum Gasteiger partial charge on any atom is -0.396 e. The fourth-order valence-corrected chi connectivity index (χ4v) is 1.57.